The van der Waals surface area contributed by atoms with Crippen LogP contribution in [-0.4, -0.2) is 35.8 Å². The third-order valence-electron chi connectivity index (χ3n) is 6.44. The van der Waals surface area contributed by atoms with E-state index in [-0.39, 0.29) is 29.0 Å². The number of nitrogens with one attached hydrogen (secondary N) is 1. The summed E-state index contributed by atoms with van der Waals surface area (Å²) in [6.07, 6.45) is -0.320. The van der Waals surface area contributed by atoms with Crippen LogP contribution in [-0.2, 0) is 18.4 Å². The minimum Gasteiger partial charge on any atom is -0.483 e. The number of carbonyl (C=O) groups excluding carboxylic acids is 1. The van der Waals surface area contributed by atoms with Gasteiger partial charge in [0, 0.05) is 13.6 Å². The van der Waals surface area contributed by atoms with Gasteiger partial charge in [0.05, 0.1) is 17.1 Å². The Balaban J connectivity index is 1.43. The van der Waals surface area contributed by atoms with Crippen molar-refractivity contribution in [3.63, 3.8) is 0 Å². The smallest absolute Gasteiger partial charge is 0.295 e. The lowest BCUT2D eigenvalue weighted by Gasteiger charge is -2.16. The first-order chi connectivity index (χ1) is 18.2. The number of hydrogen-bond acceptors (Lipinski definition) is 6. The molecule has 2 heterocycles. The van der Waals surface area contributed by atoms with Crippen molar-refractivity contribution in [2.75, 3.05) is 11.1 Å². The SMILES string of the molecule is CCn1c(SCC(=O)Nc2c(C)n(C)n(-c3ccccc3)c2=O)nnc1C(C)Oc1ccc(C(C)C)cc1. The van der Waals surface area contributed by atoms with E-state index in [1.54, 1.807) is 18.7 Å². The molecule has 0 saturated heterocycles. The van der Waals surface area contributed by atoms with Crippen LogP contribution in [0.2, 0.25) is 0 Å². The van der Waals surface area contributed by atoms with Crippen molar-refractivity contribution in [1.82, 2.24) is 24.1 Å². The van der Waals surface area contributed by atoms with Crippen LogP contribution in [0.3, 0.4) is 0 Å². The number of hydrogen-bond donors (Lipinski definition) is 1. The number of benzene rings is 2. The standard InChI is InChI=1S/C28H34N6O3S/c1-7-33-26(20(5)37-23-15-13-21(14-16-23)18(2)3)30-31-28(33)38-17-24(35)29-25-19(4)32(6)34(27(25)36)22-11-9-8-10-12-22/h8-16,18,20H,7,17H2,1-6H3,(H,29,35). The Morgan fingerprint density at radius 1 is 1.05 bits per heavy atom. The number of para-hydroxylation sites is 1. The molecule has 0 radical (unpaired) electrons. The summed E-state index contributed by atoms with van der Waals surface area (Å²) >= 11 is 1.27. The van der Waals surface area contributed by atoms with E-state index in [9.17, 15) is 9.59 Å². The third kappa shape index (κ3) is 5.70. The molecule has 0 aliphatic carbocycles. The average Bonchev–Trinajstić information content (AvgIpc) is 3.42. The van der Waals surface area contributed by atoms with E-state index in [0.29, 0.717) is 29.1 Å². The van der Waals surface area contributed by atoms with Gasteiger partial charge in [-0.15, -0.1) is 10.2 Å². The Morgan fingerprint density at radius 2 is 1.74 bits per heavy atom. The van der Waals surface area contributed by atoms with E-state index >= 15 is 0 Å². The van der Waals surface area contributed by atoms with Crippen LogP contribution in [0.15, 0.2) is 64.5 Å². The number of nitrogens with zero attached hydrogens (tertiary/aromatic N) is 5. The summed E-state index contributed by atoms with van der Waals surface area (Å²) in [5.41, 5.74) is 2.65. The summed E-state index contributed by atoms with van der Waals surface area (Å²) < 4.78 is 11.3. The number of amides is 1. The van der Waals surface area contributed by atoms with Crippen LogP contribution in [0, 0.1) is 6.92 Å². The fraction of sp³-hybridized carbons (Fsp3) is 0.357. The van der Waals surface area contributed by atoms with Crippen LogP contribution in [0.25, 0.3) is 5.69 Å². The topological polar surface area (TPSA) is 96.0 Å². The predicted molar refractivity (Wildman–Crippen MR) is 150 cm³/mol. The number of anilines is 1. The first-order valence-electron chi connectivity index (χ1n) is 12.7. The van der Waals surface area contributed by atoms with Gasteiger partial charge < -0.3 is 14.6 Å². The van der Waals surface area contributed by atoms with E-state index in [0.717, 1.165) is 11.4 Å². The zero-order chi connectivity index (χ0) is 27.4. The zero-order valence-electron chi connectivity index (χ0n) is 22.6. The summed E-state index contributed by atoms with van der Waals surface area (Å²) in [5.74, 6) is 1.71. The van der Waals surface area contributed by atoms with E-state index in [2.05, 4.69) is 41.5 Å². The summed E-state index contributed by atoms with van der Waals surface area (Å²) in [7, 11) is 1.79. The molecule has 0 saturated carbocycles. The third-order valence-corrected chi connectivity index (χ3v) is 7.40. The Bertz CT molecular complexity index is 1450. The van der Waals surface area contributed by atoms with Gasteiger partial charge >= 0.3 is 0 Å². The molecule has 4 aromatic rings. The van der Waals surface area contributed by atoms with Gasteiger partial charge in [0.1, 0.15) is 11.4 Å². The minimum atomic E-state index is -0.320. The first-order valence-corrected chi connectivity index (χ1v) is 13.7. The van der Waals surface area contributed by atoms with Crippen molar-refractivity contribution in [2.45, 2.75) is 58.3 Å². The van der Waals surface area contributed by atoms with Gasteiger partial charge in [0.25, 0.3) is 5.56 Å². The summed E-state index contributed by atoms with van der Waals surface area (Å²) in [4.78, 5) is 25.9. The second-order valence-electron chi connectivity index (χ2n) is 9.34. The highest BCUT2D eigenvalue weighted by Gasteiger charge is 2.21. The maximum Gasteiger partial charge on any atom is 0.295 e. The Labute approximate surface area is 226 Å². The normalized spacial score (nSPS) is 12.1. The van der Waals surface area contributed by atoms with Crippen LogP contribution >= 0.6 is 11.8 Å². The highest BCUT2D eigenvalue weighted by Crippen LogP contribution is 2.26. The molecule has 9 nitrogen and oxygen atoms in total. The second-order valence-corrected chi connectivity index (χ2v) is 10.3. The summed E-state index contributed by atoms with van der Waals surface area (Å²) in [6.45, 7) is 10.7. The van der Waals surface area contributed by atoms with E-state index in [1.165, 1.54) is 22.0 Å². The molecule has 1 unspecified atom stereocenters. The maximum absolute atomic E-state index is 13.1. The Kier molecular flexibility index (Phi) is 8.41. The highest BCUT2D eigenvalue weighted by atomic mass is 32.2. The van der Waals surface area contributed by atoms with Gasteiger partial charge in [-0.3, -0.25) is 14.3 Å². The van der Waals surface area contributed by atoms with Crippen LogP contribution < -0.4 is 15.6 Å². The van der Waals surface area contributed by atoms with Crippen molar-refractivity contribution >= 4 is 23.4 Å². The quantitative estimate of drug-likeness (QED) is 0.285. The molecule has 1 N–H and O–H groups in total. The fourth-order valence-electron chi connectivity index (χ4n) is 4.21. The largest absolute Gasteiger partial charge is 0.483 e. The van der Waals surface area contributed by atoms with Gasteiger partial charge in [0.2, 0.25) is 5.91 Å². The van der Waals surface area contributed by atoms with E-state index in [1.807, 2.05) is 60.9 Å². The monoisotopic (exact) mass is 534 g/mol. The maximum atomic E-state index is 13.1. The molecule has 1 atom stereocenters. The average molecular weight is 535 g/mol. The molecular weight excluding hydrogens is 500 g/mol. The number of carbonyl (C=O) groups is 1. The Morgan fingerprint density at radius 3 is 2.37 bits per heavy atom. The van der Waals surface area contributed by atoms with Crippen molar-refractivity contribution in [3.8, 4) is 11.4 Å². The number of rotatable bonds is 10. The van der Waals surface area contributed by atoms with Crippen molar-refractivity contribution in [3.05, 3.63) is 82.0 Å². The van der Waals surface area contributed by atoms with E-state index in [4.69, 9.17) is 4.74 Å². The molecule has 10 heteroatoms. The molecular formula is C28H34N6O3S. The summed E-state index contributed by atoms with van der Waals surface area (Å²) in [5, 5.41) is 12.1. The molecule has 1 amide bonds. The van der Waals surface area contributed by atoms with Crippen LogP contribution in [0.4, 0.5) is 5.69 Å². The van der Waals surface area contributed by atoms with Crippen LogP contribution in [0.5, 0.6) is 5.75 Å². The molecule has 2 aromatic heterocycles. The lowest BCUT2D eigenvalue weighted by molar-refractivity contribution is -0.113. The number of thioether (sulfide) groups is 1. The van der Waals surface area contributed by atoms with Gasteiger partial charge in [-0.25, -0.2) is 4.68 Å². The zero-order valence-corrected chi connectivity index (χ0v) is 23.5. The lowest BCUT2D eigenvalue weighted by atomic mass is 10.0. The molecule has 200 valence electrons. The van der Waals surface area contributed by atoms with Gasteiger partial charge in [-0.2, -0.15) is 0 Å². The van der Waals surface area contributed by atoms with Crippen molar-refractivity contribution < 1.29 is 9.53 Å². The molecule has 2 aromatic carbocycles. The lowest BCUT2D eigenvalue weighted by Crippen LogP contribution is -2.23. The number of ether oxygens (including phenoxy) is 1. The molecule has 0 aliphatic rings. The van der Waals surface area contributed by atoms with Gasteiger partial charge in [-0.05, 0) is 56.5 Å². The fourth-order valence-corrected chi connectivity index (χ4v) is 5.02. The molecule has 0 fully saturated rings. The predicted octanol–water partition coefficient (Wildman–Crippen LogP) is 5.09. The first kappa shape index (κ1) is 27.3. The van der Waals surface area contributed by atoms with E-state index < -0.39 is 0 Å². The molecule has 0 spiro atoms. The van der Waals surface area contributed by atoms with Gasteiger partial charge in [0.15, 0.2) is 17.1 Å². The van der Waals surface area contributed by atoms with Crippen molar-refractivity contribution in [2.24, 2.45) is 7.05 Å². The summed E-state index contributed by atoms with van der Waals surface area (Å²) in [6, 6.07) is 17.4. The van der Waals surface area contributed by atoms with Crippen molar-refractivity contribution in [1.29, 1.82) is 0 Å². The molecule has 0 aliphatic heterocycles. The second kappa shape index (κ2) is 11.7. The highest BCUT2D eigenvalue weighted by molar-refractivity contribution is 7.99. The van der Waals surface area contributed by atoms with Gasteiger partial charge in [-0.1, -0.05) is 55.9 Å². The molecule has 38 heavy (non-hydrogen) atoms. The van der Waals surface area contributed by atoms with Crippen LogP contribution in [0.1, 0.15) is 56.8 Å². The molecule has 0 bridgehead atoms. The minimum absolute atomic E-state index is 0.0865. The molecule has 4 rings (SSSR count). The Hall–Kier alpha value is -3.79. The number of aromatic nitrogens is 5.